The molecule has 0 saturated carbocycles. The van der Waals surface area contributed by atoms with Crippen LogP contribution in [-0.2, 0) is 6.42 Å². The minimum Gasteiger partial charge on any atom is -0.315 e. The molecule has 1 saturated heterocycles. The Morgan fingerprint density at radius 1 is 1.11 bits per heavy atom. The van der Waals surface area contributed by atoms with E-state index in [2.05, 4.69) is 53.2 Å². The third kappa shape index (κ3) is 4.52. The second kappa shape index (κ2) is 7.20. The lowest BCUT2D eigenvalue weighted by atomic mass is 10.1. The minimum absolute atomic E-state index is 0.867. The molecule has 1 fully saturated rings. The zero-order valence-corrected chi connectivity index (χ0v) is 11.2. The van der Waals surface area contributed by atoms with Crippen LogP contribution in [0.2, 0.25) is 0 Å². The molecule has 18 heavy (non-hydrogen) atoms. The van der Waals surface area contributed by atoms with Crippen molar-refractivity contribution in [2.24, 2.45) is 0 Å². The lowest BCUT2D eigenvalue weighted by molar-refractivity contribution is 0.329. The first-order valence-corrected chi connectivity index (χ1v) is 6.79. The van der Waals surface area contributed by atoms with Gasteiger partial charge in [-0.05, 0) is 25.5 Å². The van der Waals surface area contributed by atoms with Gasteiger partial charge in [-0.25, -0.2) is 0 Å². The Morgan fingerprint density at radius 3 is 2.78 bits per heavy atom. The predicted octanol–water partition coefficient (Wildman–Crippen LogP) is 1.84. The predicted molar refractivity (Wildman–Crippen MR) is 76.6 cm³/mol. The van der Waals surface area contributed by atoms with Gasteiger partial charge in [0.2, 0.25) is 0 Å². The van der Waals surface area contributed by atoms with Crippen molar-refractivity contribution in [3.05, 3.63) is 35.4 Å². The van der Waals surface area contributed by atoms with Crippen LogP contribution < -0.4 is 5.32 Å². The third-order valence-corrected chi connectivity index (χ3v) is 3.27. The maximum atomic E-state index is 3.41. The fourth-order valence-electron chi connectivity index (χ4n) is 2.10. The summed E-state index contributed by atoms with van der Waals surface area (Å²) in [6.45, 7) is 7.56. The molecule has 0 amide bonds. The van der Waals surface area contributed by atoms with Crippen molar-refractivity contribution in [3.8, 4) is 11.8 Å². The Kier molecular flexibility index (Phi) is 5.26. The summed E-state index contributed by atoms with van der Waals surface area (Å²) in [5.74, 6) is 6.57. The first-order valence-electron chi connectivity index (χ1n) is 6.79. The maximum absolute atomic E-state index is 3.41. The molecule has 0 aromatic heterocycles. The van der Waals surface area contributed by atoms with Crippen LogP contribution in [0.5, 0.6) is 0 Å². The molecule has 1 N–H and O–H groups in total. The van der Waals surface area contributed by atoms with E-state index in [0.29, 0.717) is 0 Å². The number of aryl methyl sites for hydroxylation is 1. The van der Waals surface area contributed by atoms with Crippen molar-refractivity contribution >= 4 is 0 Å². The summed E-state index contributed by atoms with van der Waals surface area (Å²) in [4.78, 5) is 2.43. The molecule has 0 atom stereocenters. The van der Waals surface area contributed by atoms with Crippen LogP contribution in [0, 0.1) is 18.8 Å². The van der Waals surface area contributed by atoms with Gasteiger partial charge in [0.25, 0.3) is 0 Å². The molecule has 2 heteroatoms. The summed E-state index contributed by atoms with van der Waals surface area (Å²) >= 11 is 0. The highest BCUT2D eigenvalue weighted by molar-refractivity contribution is 5.25. The molecule has 0 aliphatic carbocycles. The topological polar surface area (TPSA) is 15.3 Å². The van der Waals surface area contributed by atoms with Gasteiger partial charge in [0.15, 0.2) is 0 Å². The van der Waals surface area contributed by atoms with E-state index in [-0.39, 0.29) is 0 Å². The number of hydrogen-bond acceptors (Lipinski definition) is 2. The van der Waals surface area contributed by atoms with Gasteiger partial charge >= 0.3 is 0 Å². The van der Waals surface area contributed by atoms with E-state index in [1.807, 2.05) is 0 Å². The highest BCUT2D eigenvalue weighted by atomic mass is 15.1. The Balaban J connectivity index is 1.76. The molecule has 1 aliphatic rings. The van der Waals surface area contributed by atoms with Gasteiger partial charge in [-0.3, -0.25) is 4.90 Å². The molecular formula is C16H22N2. The summed E-state index contributed by atoms with van der Waals surface area (Å²) in [6, 6.07) is 8.63. The Bertz CT molecular complexity index is 403. The molecule has 96 valence electrons. The first-order chi connectivity index (χ1) is 8.84. The lowest BCUT2D eigenvalue weighted by Crippen LogP contribution is -2.28. The molecule has 1 aromatic carbocycles. The highest BCUT2D eigenvalue weighted by Crippen LogP contribution is 2.03. The molecule has 1 aromatic rings. The Morgan fingerprint density at radius 2 is 1.94 bits per heavy atom. The van der Waals surface area contributed by atoms with Crippen molar-refractivity contribution in [3.63, 3.8) is 0 Å². The number of nitrogens with one attached hydrogen (secondary N) is 1. The van der Waals surface area contributed by atoms with E-state index in [1.165, 1.54) is 24.1 Å². The van der Waals surface area contributed by atoms with E-state index >= 15 is 0 Å². The van der Waals surface area contributed by atoms with E-state index in [1.54, 1.807) is 0 Å². The van der Waals surface area contributed by atoms with Gasteiger partial charge in [0, 0.05) is 26.1 Å². The summed E-state index contributed by atoms with van der Waals surface area (Å²) in [5, 5.41) is 3.41. The molecule has 0 radical (unpaired) electrons. The zero-order chi connectivity index (χ0) is 12.6. The molecule has 0 unspecified atom stereocenters. The molecule has 0 bridgehead atoms. The summed E-state index contributed by atoms with van der Waals surface area (Å²) in [7, 11) is 0. The van der Waals surface area contributed by atoms with Crippen LogP contribution in [0.1, 0.15) is 17.5 Å². The summed E-state index contributed by atoms with van der Waals surface area (Å²) in [5.41, 5.74) is 2.62. The third-order valence-electron chi connectivity index (χ3n) is 3.27. The van der Waals surface area contributed by atoms with Crippen LogP contribution in [0.3, 0.4) is 0 Å². The molecule has 1 aliphatic heterocycles. The second-order valence-corrected chi connectivity index (χ2v) is 4.90. The average molecular weight is 242 g/mol. The van der Waals surface area contributed by atoms with Gasteiger partial charge < -0.3 is 5.32 Å². The van der Waals surface area contributed by atoms with Gasteiger partial charge in [-0.1, -0.05) is 41.7 Å². The van der Waals surface area contributed by atoms with Crippen LogP contribution in [0.15, 0.2) is 24.3 Å². The largest absolute Gasteiger partial charge is 0.315 e. The van der Waals surface area contributed by atoms with Gasteiger partial charge in [-0.15, -0.1) is 0 Å². The standard InChI is InChI=1S/C16H22N2/c1-15-6-8-16(9-7-15)5-2-3-12-18-13-4-10-17-11-14-18/h6-9,17H,4-5,10-14H2,1H3. The first kappa shape index (κ1) is 13.1. The fraction of sp³-hybridized carbons (Fsp3) is 0.500. The number of rotatable bonds is 2. The van der Waals surface area contributed by atoms with Crippen LogP contribution in [0.4, 0.5) is 0 Å². The van der Waals surface area contributed by atoms with Crippen molar-refractivity contribution in [1.82, 2.24) is 10.2 Å². The molecular weight excluding hydrogens is 220 g/mol. The quantitative estimate of drug-likeness (QED) is 0.796. The van der Waals surface area contributed by atoms with Crippen molar-refractivity contribution in [2.75, 3.05) is 32.7 Å². The second-order valence-electron chi connectivity index (χ2n) is 4.90. The van der Waals surface area contributed by atoms with Crippen LogP contribution >= 0.6 is 0 Å². The van der Waals surface area contributed by atoms with E-state index in [9.17, 15) is 0 Å². The molecule has 0 spiro atoms. The Labute approximate surface area is 110 Å². The normalized spacial score (nSPS) is 16.7. The van der Waals surface area contributed by atoms with Crippen molar-refractivity contribution in [1.29, 1.82) is 0 Å². The monoisotopic (exact) mass is 242 g/mol. The summed E-state index contributed by atoms with van der Waals surface area (Å²) in [6.07, 6.45) is 2.10. The number of nitrogens with zero attached hydrogens (tertiary/aromatic N) is 1. The molecule has 1 heterocycles. The van der Waals surface area contributed by atoms with Crippen LogP contribution in [0.25, 0.3) is 0 Å². The van der Waals surface area contributed by atoms with Crippen molar-refractivity contribution < 1.29 is 0 Å². The average Bonchev–Trinajstić information content (AvgIpc) is 2.65. The van der Waals surface area contributed by atoms with E-state index in [0.717, 1.165) is 32.6 Å². The molecule has 2 nitrogen and oxygen atoms in total. The number of hydrogen-bond donors (Lipinski definition) is 1. The molecule has 2 rings (SSSR count). The maximum Gasteiger partial charge on any atom is 0.0602 e. The number of benzene rings is 1. The lowest BCUT2D eigenvalue weighted by Gasteiger charge is -2.15. The SMILES string of the molecule is Cc1ccc(CC#CCN2CCCNCC2)cc1. The highest BCUT2D eigenvalue weighted by Gasteiger charge is 2.05. The fourth-order valence-corrected chi connectivity index (χ4v) is 2.10. The smallest absolute Gasteiger partial charge is 0.0602 e. The minimum atomic E-state index is 0.867. The Hall–Kier alpha value is -1.30. The van der Waals surface area contributed by atoms with Gasteiger partial charge in [-0.2, -0.15) is 0 Å². The van der Waals surface area contributed by atoms with E-state index in [4.69, 9.17) is 0 Å². The van der Waals surface area contributed by atoms with Crippen LogP contribution in [-0.4, -0.2) is 37.6 Å². The van der Waals surface area contributed by atoms with Gasteiger partial charge in [0.05, 0.1) is 6.54 Å². The van der Waals surface area contributed by atoms with Crippen molar-refractivity contribution in [2.45, 2.75) is 19.8 Å². The van der Waals surface area contributed by atoms with E-state index < -0.39 is 0 Å². The summed E-state index contributed by atoms with van der Waals surface area (Å²) < 4.78 is 0. The zero-order valence-electron chi connectivity index (χ0n) is 11.2. The van der Waals surface area contributed by atoms with Gasteiger partial charge in [0.1, 0.15) is 0 Å².